The van der Waals surface area contributed by atoms with E-state index in [0.717, 1.165) is 12.3 Å². The third-order valence-corrected chi connectivity index (χ3v) is 4.17. The van der Waals surface area contributed by atoms with Crippen molar-refractivity contribution in [3.8, 4) is 5.75 Å². The highest BCUT2D eigenvalue weighted by molar-refractivity contribution is 5.26. The molecule has 0 aromatic heterocycles. The van der Waals surface area contributed by atoms with E-state index in [4.69, 9.17) is 4.74 Å². The number of aryl methyl sites for hydroxylation is 1. The number of hydrogen-bond donors (Lipinski definition) is 1. The second kappa shape index (κ2) is 8.31. The molecule has 1 aromatic rings. The van der Waals surface area contributed by atoms with Gasteiger partial charge < -0.3 is 10.1 Å². The van der Waals surface area contributed by atoms with Crippen molar-refractivity contribution in [1.29, 1.82) is 0 Å². The SMILES string of the molecule is CCCNC1CCCCCCC1Oc1ccc(C)cc1. The second-order valence-corrected chi connectivity index (χ2v) is 6.02. The number of nitrogens with one attached hydrogen (secondary N) is 1. The van der Waals surface area contributed by atoms with Gasteiger partial charge in [-0.15, -0.1) is 0 Å². The largest absolute Gasteiger partial charge is 0.489 e. The monoisotopic (exact) mass is 275 g/mol. The van der Waals surface area contributed by atoms with Crippen molar-refractivity contribution in [3.05, 3.63) is 29.8 Å². The number of hydrogen-bond acceptors (Lipinski definition) is 2. The molecule has 2 atom stereocenters. The van der Waals surface area contributed by atoms with Gasteiger partial charge >= 0.3 is 0 Å². The first kappa shape index (κ1) is 15.4. The zero-order chi connectivity index (χ0) is 14.2. The summed E-state index contributed by atoms with van der Waals surface area (Å²) >= 11 is 0. The lowest BCUT2D eigenvalue weighted by Gasteiger charge is -2.30. The molecule has 1 N–H and O–H groups in total. The molecule has 20 heavy (non-hydrogen) atoms. The lowest BCUT2D eigenvalue weighted by molar-refractivity contribution is 0.127. The summed E-state index contributed by atoms with van der Waals surface area (Å²) in [7, 11) is 0. The van der Waals surface area contributed by atoms with Crippen molar-refractivity contribution < 1.29 is 4.74 Å². The third kappa shape index (κ3) is 4.82. The van der Waals surface area contributed by atoms with Gasteiger partial charge in [-0.05, 0) is 51.3 Å². The van der Waals surface area contributed by atoms with E-state index in [1.54, 1.807) is 0 Å². The van der Waals surface area contributed by atoms with Crippen molar-refractivity contribution >= 4 is 0 Å². The van der Waals surface area contributed by atoms with Crippen LogP contribution < -0.4 is 10.1 Å². The number of ether oxygens (including phenoxy) is 1. The molecule has 0 heterocycles. The molecule has 1 fully saturated rings. The van der Waals surface area contributed by atoms with E-state index in [0.29, 0.717) is 12.1 Å². The van der Waals surface area contributed by atoms with Crippen molar-refractivity contribution in [2.45, 2.75) is 70.9 Å². The fourth-order valence-electron chi connectivity index (χ4n) is 2.95. The Hall–Kier alpha value is -1.02. The van der Waals surface area contributed by atoms with Crippen LogP contribution in [0.3, 0.4) is 0 Å². The minimum atomic E-state index is 0.324. The van der Waals surface area contributed by atoms with E-state index >= 15 is 0 Å². The van der Waals surface area contributed by atoms with Crippen LogP contribution in [0, 0.1) is 6.92 Å². The van der Waals surface area contributed by atoms with Gasteiger partial charge in [-0.3, -0.25) is 0 Å². The van der Waals surface area contributed by atoms with Crippen LogP contribution in [-0.2, 0) is 0 Å². The van der Waals surface area contributed by atoms with Crippen LogP contribution in [0.25, 0.3) is 0 Å². The van der Waals surface area contributed by atoms with Gasteiger partial charge in [-0.1, -0.05) is 43.9 Å². The summed E-state index contributed by atoms with van der Waals surface area (Å²) in [4.78, 5) is 0. The van der Waals surface area contributed by atoms with Crippen molar-refractivity contribution in [1.82, 2.24) is 5.32 Å². The van der Waals surface area contributed by atoms with Crippen molar-refractivity contribution in [2.75, 3.05) is 6.54 Å². The zero-order valence-corrected chi connectivity index (χ0v) is 13.0. The second-order valence-electron chi connectivity index (χ2n) is 6.02. The molecule has 2 unspecified atom stereocenters. The highest BCUT2D eigenvalue weighted by atomic mass is 16.5. The maximum absolute atomic E-state index is 6.29. The molecule has 0 bridgehead atoms. The topological polar surface area (TPSA) is 21.3 Å². The Morgan fingerprint density at radius 3 is 2.45 bits per heavy atom. The lowest BCUT2D eigenvalue weighted by atomic mass is 9.94. The molecule has 112 valence electrons. The smallest absolute Gasteiger partial charge is 0.119 e. The van der Waals surface area contributed by atoms with Crippen LogP contribution in [0.2, 0.25) is 0 Å². The minimum absolute atomic E-state index is 0.324. The summed E-state index contributed by atoms with van der Waals surface area (Å²) in [6.07, 6.45) is 9.29. The van der Waals surface area contributed by atoms with E-state index in [9.17, 15) is 0 Å². The molecule has 0 radical (unpaired) electrons. The molecular formula is C18H29NO. The Kier molecular flexibility index (Phi) is 6.38. The quantitative estimate of drug-likeness (QED) is 0.856. The molecule has 1 aromatic carbocycles. The van der Waals surface area contributed by atoms with E-state index in [1.807, 2.05) is 0 Å². The fraction of sp³-hybridized carbons (Fsp3) is 0.667. The van der Waals surface area contributed by atoms with Gasteiger partial charge in [0.05, 0.1) is 0 Å². The first-order chi connectivity index (χ1) is 9.79. The summed E-state index contributed by atoms with van der Waals surface area (Å²) in [6, 6.07) is 8.98. The molecule has 0 amide bonds. The van der Waals surface area contributed by atoms with Gasteiger partial charge in [0.15, 0.2) is 0 Å². The van der Waals surface area contributed by atoms with Crippen LogP contribution in [0.5, 0.6) is 5.75 Å². The molecular weight excluding hydrogens is 246 g/mol. The maximum atomic E-state index is 6.29. The number of rotatable bonds is 5. The van der Waals surface area contributed by atoms with Gasteiger partial charge in [0.1, 0.15) is 11.9 Å². The van der Waals surface area contributed by atoms with Gasteiger partial charge in [0, 0.05) is 6.04 Å². The van der Waals surface area contributed by atoms with Crippen LogP contribution >= 0.6 is 0 Å². The van der Waals surface area contributed by atoms with Crippen molar-refractivity contribution in [2.24, 2.45) is 0 Å². The predicted molar refractivity (Wildman–Crippen MR) is 85.4 cm³/mol. The zero-order valence-electron chi connectivity index (χ0n) is 13.0. The Morgan fingerprint density at radius 1 is 1.05 bits per heavy atom. The molecule has 1 aliphatic rings. The molecule has 2 heteroatoms. The first-order valence-corrected chi connectivity index (χ1v) is 8.26. The molecule has 2 rings (SSSR count). The average molecular weight is 275 g/mol. The van der Waals surface area contributed by atoms with E-state index in [1.165, 1.54) is 50.5 Å². The van der Waals surface area contributed by atoms with E-state index < -0.39 is 0 Å². The van der Waals surface area contributed by atoms with Gasteiger partial charge in [0.2, 0.25) is 0 Å². The Labute approximate surface area is 123 Å². The normalized spacial score (nSPS) is 23.9. The highest BCUT2D eigenvalue weighted by Crippen LogP contribution is 2.23. The Balaban J connectivity index is 1.99. The van der Waals surface area contributed by atoms with Crippen LogP contribution in [0.15, 0.2) is 24.3 Å². The summed E-state index contributed by atoms with van der Waals surface area (Å²) < 4.78 is 6.29. The molecule has 0 aliphatic heterocycles. The molecule has 1 saturated carbocycles. The molecule has 1 aliphatic carbocycles. The minimum Gasteiger partial charge on any atom is -0.489 e. The fourth-order valence-corrected chi connectivity index (χ4v) is 2.95. The van der Waals surface area contributed by atoms with E-state index in [-0.39, 0.29) is 0 Å². The third-order valence-electron chi connectivity index (χ3n) is 4.17. The molecule has 0 spiro atoms. The highest BCUT2D eigenvalue weighted by Gasteiger charge is 2.23. The lowest BCUT2D eigenvalue weighted by Crippen LogP contribution is -2.44. The molecule has 0 saturated heterocycles. The maximum Gasteiger partial charge on any atom is 0.119 e. The van der Waals surface area contributed by atoms with Gasteiger partial charge in [-0.25, -0.2) is 0 Å². The molecule has 2 nitrogen and oxygen atoms in total. The van der Waals surface area contributed by atoms with Crippen LogP contribution in [-0.4, -0.2) is 18.7 Å². The van der Waals surface area contributed by atoms with Crippen LogP contribution in [0.4, 0.5) is 0 Å². The predicted octanol–water partition coefficient (Wildman–Crippen LogP) is 4.46. The summed E-state index contributed by atoms with van der Waals surface area (Å²) in [5.41, 5.74) is 1.29. The van der Waals surface area contributed by atoms with Crippen LogP contribution in [0.1, 0.15) is 57.4 Å². The summed E-state index contributed by atoms with van der Waals surface area (Å²) in [5, 5.41) is 3.70. The summed E-state index contributed by atoms with van der Waals surface area (Å²) in [6.45, 7) is 5.44. The summed E-state index contributed by atoms with van der Waals surface area (Å²) in [5.74, 6) is 1.02. The van der Waals surface area contributed by atoms with E-state index in [2.05, 4.69) is 43.4 Å². The average Bonchev–Trinajstić information content (AvgIpc) is 2.44. The van der Waals surface area contributed by atoms with Gasteiger partial charge in [-0.2, -0.15) is 0 Å². The Bertz CT molecular complexity index is 372. The van der Waals surface area contributed by atoms with Crippen molar-refractivity contribution in [3.63, 3.8) is 0 Å². The number of benzene rings is 1. The van der Waals surface area contributed by atoms with Gasteiger partial charge in [0.25, 0.3) is 0 Å². The standard InChI is InChI=1S/C18H29NO/c1-3-14-19-17-8-6-4-5-7-9-18(17)20-16-12-10-15(2)11-13-16/h10-13,17-19H,3-9,14H2,1-2H3. The first-order valence-electron chi connectivity index (χ1n) is 8.26. The Morgan fingerprint density at radius 2 is 1.75 bits per heavy atom.